The predicted molar refractivity (Wildman–Crippen MR) is 152 cm³/mol. The third kappa shape index (κ3) is 4.34. The van der Waals surface area contributed by atoms with Gasteiger partial charge in [0, 0.05) is 12.0 Å². The van der Waals surface area contributed by atoms with Crippen LogP contribution in [0.5, 0.6) is 11.5 Å². The van der Waals surface area contributed by atoms with E-state index in [0.717, 1.165) is 33.6 Å². The first kappa shape index (κ1) is 25.1. The van der Waals surface area contributed by atoms with E-state index in [1.165, 1.54) is 16.2 Å². The van der Waals surface area contributed by atoms with Gasteiger partial charge < -0.3 is 14.6 Å². The highest BCUT2D eigenvalue weighted by Gasteiger charge is 2.48. The van der Waals surface area contributed by atoms with Crippen molar-refractivity contribution >= 4 is 44.1 Å². The quantitative estimate of drug-likeness (QED) is 0.178. The number of carbonyl (C=O) groups excluding carboxylic acids is 2. The molecule has 3 heterocycles. The van der Waals surface area contributed by atoms with Gasteiger partial charge in [-0.2, -0.15) is 0 Å². The number of ketones is 1. The van der Waals surface area contributed by atoms with E-state index in [-0.39, 0.29) is 17.4 Å². The third-order valence-electron chi connectivity index (χ3n) is 7.18. The summed E-state index contributed by atoms with van der Waals surface area (Å²) in [6.45, 7) is 6.50. The second-order valence-corrected chi connectivity index (χ2v) is 10.8. The van der Waals surface area contributed by atoms with Crippen molar-refractivity contribution in [1.29, 1.82) is 0 Å². The summed E-state index contributed by atoms with van der Waals surface area (Å²) in [4.78, 5) is 33.3. The van der Waals surface area contributed by atoms with Gasteiger partial charge in [0.05, 0.1) is 28.4 Å². The smallest absolute Gasteiger partial charge is 0.301 e. The van der Waals surface area contributed by atoms with Crippen molar-refractivity contribution in [3.8, 4) is 11.5 Å². The Hall–Kier alpha value is -4.17. The Bertz CT molecular complexity index is 1640. The number of thiazole rings is 1. The van der Waals surface area contributed by atoms with Crippen LogP contribution in [0.4, 0.5) is 5.13 Å². The molecule has 0 aliphatic carbocycles. The number of hydrogen-bond acceptors (Lipinski definition) is 7. The fraction of sp³-hybridized carbons (Fsp3) is 0.258. The van der Waals surface area contributed by atoms with E-state index in [1.807, 2.05) is 62.4 Å². The maximum Gasteiger partial charge on any atom is 0.301 e. The highest BCUT2D eigenvalue weighted by molar-refractivity contribution is 7.22. The summed E-state index contributed by atoms with van der Waals surface area (Å²) in [6.07, 6.45) is 1.61. The van der Waals surface area contributed by atoms with Gasteiger partial charge in [-0.1, -0.05) is 42.5 Å². The van der Waals surface area contributed by atoms with Gasteiger partial charge >= 0.3 is 5.91 Å². The molecule has 2 aliphatic heterocycles. The van der Waals surface area contributed by atoms with Crippen LogP contribution in [0.2, 0.25) is 0 Å². The molecule has 1 fully saturated rings. The predicted octanol–water partition coefficient (Wildman–Crippen LogP) is 6.21. The molecule has 1 aromatic heterocycles. The first-order valence-electron chi connectivity index (χ1n) is 13.1. The lowest BCUT2D eigenvalue weighted by Crippen LogP contribution is -2.29. The third-order valence-corrected chi connectivity index (χ3v) is 8.20. The Morgan fingerprint density at radius 2 is 1.90 bits per heavy atom. The molecule has 6 rings (SSSR count). The van der Waals surface area contributed by atoms with Gasteiger partial charge in [-0.15, -0.1) is 0 Å². The fourth-order valence-electron chi connectivity index (χ4n) is 5.26. The Kier molecular flexibility index (Phi) is 6.35. The van der Waals surface area contributed by atoms with Crippen LogP contribution in [0.1, 0.15) is 49.1 Å². The van der Waals surface area contributed by atoms with Crippen molar-refractivity contribution < 1.29 is 24.2 Å². The standard InChI is InChI=1S/C31H28N2O5S/c1-4-18-6-8-19(9-7-18)27-26(28(34)20-10-13-24-21(15-20)14-17(3)38-24)29(35)30(36)33(27)31-32-23-12-11-22(37-5-2)16-25(23)39-31/h6-13,15-17,27,34H,4-5,14H2,1-3H3/b28-26-. The summed E-state index contributed by atoms with van der Waals surface area (Å²) in [7, 11) is 0. The van der Waals surface area contributed by atoms with Gasteiger partial charge in [0.1, 0.15) is 23.4 Å². The van der Waals surface area contributed by atoms with Gasteiger partial charge in [-0.3, -0.25) is 14.5 Å². The molecule has 2 aliphatic rings. The number of rotatable bonds is 6. The number of aromatic nitrogens is 1. The number of aryl methyl sites for hydroxylation is 1. The molecule has 198 valence electrons. The molecule has 39 heavy (non-hydrogen) atoms. The van der Waals surface area contributed by atoms with Crippen LogP contribution in [0.25, 0.3) is 16.0 Å². The average Bonchev–Trinajstić information content (AvgIpc) is 3.60. The van der Waals surface area contributed by atoms with E-state index >= 15 is 0 Å². The minimum absolute atomic E-state index is 0.0438. The van der Waals surface area contributed by atoms with E-state index in [1.54, 1.807) is 12.1 Å². The lowest BCUT2D eigenvalue weighted by Gasteiger charge is -2.23. The fourth-order valence-corrected chi connectivity index (χ4v) is 6.28. The normalized spacial score (nSPS) is 19.9. The van der Waals surface area contributed by atoms with Crippen LogP contribution in [0, 0.1) is 0 Å². The molecule has 4 aromatic rings. The number of benzene rings is 3. The van der Waals surface area contributed by atoms with Crippen LogP contribution in [0.3, 0.4) is 0 Å². The van der Waals surface area contributed by atoms with Crippen molar-refractivity contribution in [1.82, 2.24) is 4.98 Å². The Balaban J connectivity index is 1.50. The van der Waals surface area contributed by atoms with Crippen molar-refractivity contribution in [2.75, 3.05) is 11.5 Å². The molecule has 0 spiro atoms. The zero-order valence-electron chi connectivity index (χ0n) is 21.9. The maximum atomic E-state index is 13.6. The Labute approximate surface area is 230 Å². The number of ether oxygens (including phenoxy) is 2. The zero-order chi connectivity index (χ0) is 27.3. The van der Waals surface area contributed by atoms with Gasteiger partial charge in [0.25, 0.3) is 5.78 Å². The zero-order valence-corrected chi connectivity index (χ0v) is 22.7. The van der Waals surface area contributed by atoms with E-state index < -0.39 is 17.7 Å². The summed E-state index contributed by atoms with van der Waals surface area (Å²) in [5.74, 6) is -0.182. The minimum atomic E-state index is -0.828. The molecular formula is C31H28N2O5S. The number of nitrogens with zero attached hydrogens (tertiary/aromatic N) is 2. The van der Waals surface area contributed by atoms with Crippen LogP contribution in [0.15, 0.2) is 66.2 Å². The van der Waals surface area contributed by atoms with E-state index in [4.69, 9.17) is 14.5 Å². The number of anilines is 1. The van der Waals surface area contributed by atoms with Gasteiger partial charge in [-0.05, 0) is 73.4 Å². The first-order chi connectivity index (χ1) is 18.9. The SMILES string of the molecule is CCOc1ccc2nc(N3C(=O)C(=O)/C(=C(\O)c4ccc5c(c4)CC(C)O5)C3c3ccc(CC)cc3)sc2c1. The van der Waals surface area contributed by atoms with Crippen molar-refractivity contribution in [3.63, 3.8) is 0 Å². The summed E-state index contributed by atoms with van der Waals surface area (Å²) in [5, 5.41) is 11.9. The molecule has 8 heteroatoms. The van der Waals surface area contributed by atoms with Crippen molar-refractivity contribution in [3.05, 3.63) is 88.5 Å². The van der Waals surface area contributed by atoms with Crippen LogP contribution < -0.4 is 14.4 Å². The summed E-state index contributed by atoms with van der Waals surface area (Å²) >= 11 is 1.31. The number of aliphatic hydroxyl groups is 1. The molecule has 0 bridgehead atoms. The molecule has 2 atom stereocenters. The summed E-state index contributed by atoms with van der Waals surface area (Å²) in [6, 6.07) is 17.9. The molecule has 1 amide bonds. The van der Waals surface area contributed by atoms with E-state index in [0.29, 0.717) is 35.0 Å². The highest BCUT2D eigenvalue weighted by atomic mass is 32.1. The minimum Gasteiger partial charge on any atom is -0.507 e. The second-order valence-electron chi connectivity index (χ2n) is 9.78. The lowest BCUT2D eigenvalue weighted by molar-refractivity contribution is -0.132. The van der Waals surface area contributed by atoms with Crippen LogP contribution in [-0.2, 0) is 22.4 Å². The molecule has 2 unspecified atom stereocenters. The van der Waals surface area contributed by atoms with Crippen molar-refractivity contribution in [2.45, 2.75) is 45.8 Å². The first-order valence-corrected chi connectivity index (χ1v) is 13.9. The number of hydrogen-bond donors (Lipinski definition) is 1. The van der Waals surface area contributed by atoms with E-state index in [9.17, 15) is 14.7 Å². The molecule has 7 nitrogen and oxygen atoms in total. The number of Topliss-reactive ketones (excluding diaryl/α,β-unsaturated/α-hetero) is 1. The molecule has 1 saturated heterocycles. The monoisotopic (exact) mass is 540 g/mol. The van der Waals surface area contributed by atoms with Gasteiger partial charge in [0.15, 0.2) is 5.13 Å². The summed E-state index contributed by atoms with van der Waals surface area (Å²) < 4.78 is 12.3. The second kappa shape index (κ2) is 9.85. The number of fused-ring (bicyclic) bond motifs is 2. The summed E-state index contributed by atoms with van der Waals surface area (Å²) in [5.41, 5.74) is 4.04. The molecule has 3 aromatic carbocycles. The molecule has 0 saturated carbocycles. The van der Waals surface area contributed by atoms with Gasteiger partial charge in [0.2, 0.25) is 0 Å². The number of amides is 1. The van der Waals surface area contributed by atoms with Crippen LogP contribution >= 0.6 is 11.3 Å². The van der Waals surface area contributed by atoms with Gasteiger partial charge in [-0.25, -0.2) is 4.98 Å². The largest absolute Gasteiger partial charge is 0.507 e. The number of aliphatic hydroxyl groups excluding tert-OH is 1. The number of carbonyl (C=O) groups is 2. The maximum absolute atomic E-state index is 13.6. The molecule has 0 radical (unpaired) electrons. The highest BCUT2D eigenvalue weighted by Crippen LogP contribution is 2.45. The van der Waals surface area contributed by atoms with Crippen molar-refractivity contribution in [2.24, 2.45) is 0 Å². The Morgan fingerprint density at radius 1 is 1.10 bits per heavy atom. The van der Waals surface area contributed by atoms with Crippen LogP contribution in [-0.4, -0.2) is 34.5 Å². The molecular weight excluding hydrogens is 512 g/mol. The topological polar surface area (TPSA) is 89.0 Å². The van der Waals surface area contributed by atoms with E-state index in [2.05, 4.69) is 6.92 Å². The molecule has 1 N–H and O–H groups in total. The Morgan fingerprint density at radius 3 is 2.64 bits per heavy atom. The average molecular weight is 541 g/mol. The lowest BCUT2D eigenvalue weighted by atomic mass is 9.94.